The van der Waals surface area contributed by atoms with Crippen LogP contribution in [0.25, 0.3) is 0 Å². The molecule has 1 aromatic carbocycles. The zero-order valence-corrected chi connectivity index (χ0v) is 8.79. The maximum absolute atomic E-state index is 11.3. The Morgan fingerprint density at radius 1 is 1.43 bits per heavy atom. The number of carbonyl (C=O) groups is 1. The second-order valence-electron chi connectivity index (χ2n) is 3.60. The van der Waals surface area contributed by atoms with Crippen LogP contribution in [0.4, 0.5) is 5.69 Å². The molecule has 0 unspecified atom stereocenters. The molecule has 3 N–H and O–H groups in total. The largest absolute Gasteiger partial charge is 0.324 e. The Labute approximate surface area is 84.3 Å². The van der Waals surface area contributed by atoms with Crippen LogP contribution in [-0.4, -0.2) is 11.9 Å². The Morgan fingerprint density at radius 2 is 2.07 bits per heavy atom. The number of hydrogen-bond donors (Lipinski definition) is 2. The van der Waals surface area contributed by atoms with Crippen LogP contribution in [0.5, 0.6) is 0 Å². The van der Waals surface area contributed by atoms with E-state index < -0.39 is 6.04 Å². The molecule has 14 heavy (non-hydrogen) atoms. The molecule has 1 rings (SSSR count). The first kappa shape index (κ1) is 10.7. The number of carbonyl (C=O) groups excluding carboxylic acids is 1. The van der Waals surface area contributed by atoms with Crippen LogP contribution in [0, 0.1) is 13.8 Å². The Hall–Kier alpha value is -1.35. The molecule has 0 radical (unpaired) electrons. The van der Waals surface area contributed by atoms with Gasteiger partial charge in [-0.2, -0.15) is 0 Å². The fourth-order valence-electron chi connectivity index (χ4n) is 1.12. The molecule has 1 amide bonds. The molecular weight excluding hydrogens is 176 g/mol. The minimum atomic E-state index is -0.477. The van der Waals surface area contributed by atoms with Crippen molar-refractivity contribution >= 4 is 11.6 Å². The van der Waals surface area contributed by atoms with Gasteiger partial charge >= 0.3 is 0 Å². The van der Waals surface area contributed by atoms with E-state index in [9.17, 15) is 4.79 Å². The highest BCUT2D eigenvalue weighted by molar-refractivity contribution is 5.95. The summed E-state index contributed by atoms with van der Waals surface area (Å²) in [5.41, 5.74) is 8.47. The summed E-state index contributed by atoms with van der Waals surface area (Å²) in [6, 6.07) is 5.45. The maximum Gasteiger partial charge on any atom is 0.241 e. The van der Waals surface area contributed by atoms with Gasteiger partial charge in [-0.25, -0.2) is 0 Å². The van der Waals surface area contributed by atoms with Crippen molar-refractivity contribution in [3.8, 4) is 0 Å². The van der Waals surface area contributed by atoms with Crippen LogP contribution in [-0.2, 0) is 4.79 Å². The van der Waals surface area contributed by atoms with Gasteiger partial charge in [0.25, 0.3) is 0 Å². The fourth-order valence-corrected chi connectivity index (χ4v) is 1.12. The predicted molar refractivity (Wildman–Crippen MR) is 58.2 cm³/mol. The van der Waals surface area contributed by atoms with Crippen LogP contribution in [0.2, 0.25) is 0 Å². The minimum absolute atomic E-state index is 0.154. The predicted octanol–water partition coefficient (Wildman–Crippen LogP) is 1.59. The second kappa shape index (κ2) is 4.24. The minimum Gasteiger partial charge on any atom is -0.324 e. The smallest absolute Gasteiger partial charge is 0.241 e. The first-order chi connectivity index (χ1) is 6.50. The van der Waals surface area contributed by atoms with E-state index in [1.54, 1.807) is 6.92 Å². The molecule has 1 aromatic rings. The molecule has 3 nitrogen and oxygen atoms in total. The summed E-state index contributed by atoms with van der Waals surface area (Å²) >= 11 is 0. The van der Waals surface area contributed by atoms with Gasteiger partial charge in [0.2, 0.25) is 5.91 Å². The van der Waals surface area contributed by atoms with E-state index in [4.69, 9.17) is 5.73 Å². The number of aryl methyl sites for hydroxylation is 2. The number of hydrogen-bond acceptors (Lipinski definition) is 2. The molecule has 3 heteroatoms. The van der Waals surface area contributed by atoms with Crippen LogP contribution in [0.15, 0.2) is 18.2 Å². The van der Waals surface area contributed by atoms with Gasteiger partial charge in [0, 0.05) is 5.69 Å². The normalized spacial score (nSPS) is 12.3. The average molecular weight is 192 g/mol. The summed E-state index contributed by atoms with van der Waals surface area (Å²) in [7, 11) is 0. The van der Waals surface area contributed by atoms with Gasteiger partial charge < -0.3 is 11.1 Å². The van der Waals surface area contributed by atoms with Crippen molar-refractivity contribution in [1.82, 2.24) is 0 Å². The third-order valence-corrected chi connectivity index (χ3v) is 2.06. The second-order valence-corrected chi connectivity index (χ2v) is 3.60. The Morgan fingerprint density at radius 3 is 2.64 bits per heavy atom. The van der Waals surface area contributed by atoms with Gasteiger partial charge in [0.05, 0.1) is 6.04 Å². The van der Waals surface area contributed by atoms with Crippen LogP contribution < -0.4 is 11.1 Å². The molecule has 0 saturated heterocycles. The molecule has 0 bridgehead atoms. The molecule has 76 valence electrons. The number of benzene rings is 1. The Kier molecular flexibility index (Phi) is 3.25. The number of nitrogens with two attached hydrogens (primary N) is 1. The van der Waals surface area contributed by atoms with Crippen molar-refractivity contribution in [2.45, 2.75) is 26.8 Å². The lowest BCUT2D eigenvalue weighted by Crippen LogP contribution is -2.32. The Bertz CT molecular complexity index is 345. The van der Waals surface area contributed by atoms with E-state index in [0.717, 1.165) is 16.8 Å². The van der Waals surface area contributed by atoms with Crippen LogP contribution in [0.1, 0.15) is 18.1 Å². The number of amides is 1. The van der Waals surface area contributed by atoms with E-state index in [0.29, 0.717) is 0 Å². The van der Waals surface area contributed by atoms with Gasteiger partial charge in [0.1, 0.15) is 0 Å². The summed E-state index contributed by atoms with van der Waals surface area (Å²) in [5, 5.41) is 2.79. The van der Waals surface area contributed by atoms with Crippen molar-refractivity contribution in [1.29, 1.82) is 0 Å². The standard InChI is InChI=1S/C11H16N2O/c1-7-4-5-8(2)10(6-7)13-11(14)9(3)12/h4-6,9H,12H2,1-3H3,(H,13,14)/t9-/m0/s1. The van der Waals surface area contributed by atoms with E-state index in [2.05, 4.69) is 5.32 Å². The van der Waals surface area contributed by atoms with Crippen LogP contribution >= 0.6 is 0 Å². The van der Waals surface area contributed by atoms with Gasteiger partial charge in [-0.1, -0.05) is 12.1 Å². The molecule has 0 saturated carbocycles. The maximum atomic E-state index is 11.3. The lowest BCUT2D eigenvalue weighted by atomic mass is 10.1. The fraction of sp³-hybridized carbons (Fsp3) is 0.364. The van der Waals surface area contributed by atoms with Crippen molar-refractivity contribution in [2.75, 3.05) is 5.32 Å². The lowest BCUT2D eigenvalue weighted by Gasteiger charge is -2.10. The Balaban J connectivity index is 2.86. The number of anilines is 1. The summed E-state index contributed by atoms with van der Waals surface area (Å²) in [4.78, 5) is 11.3. The third-order valence-electron chi connectivity index (χ3n) is 2.06. The highest BCUT2D eigenvalue weighted by Gasteiger charge is 2.08. The van der Waals surface area contributed by atoms with Gasteiger partial charge in [-0.3, -0.25) is 4.79 Å². The van der Waals surface area contributed by atoms with Crippen LogP contribution in [0.3, 0.4) is 0 Å². The molecule has 0 aliphatic carbocycles. The van der Waals surface area contributed by atoms with Crippen molar-refractivity contribution < 1.29 is 4.79 Å². The molecule has 0 aliphatic heterocycles. The highest BCUT2D eigenvalue weighted by Crippen LogP contribution is 2.16. The van der Waals surface area contributed by atoms with E-state index in [1.807, 2.05) is 32.0 Å². The number of rotatable bonds is 2. The SMILES string of the molecule is Cc1ccc(C)c(NC(=O)[C@H](C)N)c1. The zero-order valence-electron chi connectivity index (χ0n) is 8.79. The molecule has 0 fully saturated rings. The zero-order chi connectivity index (χ0) is 10.7. The van der Waals surface area contributed by atoms with Gasteiger partial charge in [-0.15, -0.1) is 0 Å². The highest BCUT2D eigenvalue weighted by atomic mass is 16.2. The first-order valence-corrected chi connectivity index (χ1v) is 4.64. The summed E-state index contributed by atoms with van der Waals surface area (Å²) in [6.07, 6.45) is 0. The van der Waals surface area contributed by atoms with Gasteiger partial charge in [-0.05, 0) is 38.0 Å². The molecule has 0 aromatic heterocycles. The topological polar surface area (TPSA) is 55.1 Å². The summed E-state index contributed by atoms with van der Waals surface area (Å²) in [5.74, 6) is -0.154. The average Bonchev–Trinajstić information content (AvgIpc) is 2.11. The van der Waals surface area contributed by atoms with Gasteiger partial charge in [0.15, 0.2) is 0 Å². The molecule has 0 heterocycles. The van der Waals surface area contributed by atoms with Crippen molar-refractivity contribution in [3.63, 3.8) is 0 Å². The van der Waals surface area contributed by atoms with Crippen molar-refractivity contribution in [3.05, 3.63) is 29.3 Å². The molecule has 1 atom stereocenters. The summed E-state index contributed by atoms with van der Waals surface area (Å²) < 4.78 is 0. The van der Waals surface area contributed by atoms with E-state index in [1.165, 1.54) is 0 Å². The molecule has 0 aliphatic rings. The third kappa shape index (κ3) is 2.57. The number of nitrogens with one attached hydrogen (secondary N) is 1. The monoisotopic (exact) mass is 192 g/mol. The summed E-state index contributed by atoms with van der Waals surface area (Å²) in [6.45, 7) is 5.61. The lowest BCUT2D eigenvalue weighted by molar-refractivity contribution is -0.117. The molecular formula is C11H16N2O. The quantitative estimate of drug-likeness (QED) is 0.747. The van der Waals surface area contributed by atoms with E-state index >= 15 is 0 Å². The molecule has 0 spiro atoms. The first-order valence-electron chi connectivity index (χ1n) is 4.64. The van der Waals surface area contributed by atoms with Crippen molar-refractivity contribution in [2.24, 2.45) is 5.73 Å². The van der Waals surface area contributed by atoms with E-state index in [-0.39, 0.29) is 5.91 Å².